The maximum Gasteiger partial charge on any atom is 0.329 e. The third kappa shape index (κ3) is 4.82. The van der Waals surface area contributed by atoms with Crippen LogP contribution in [0.2, 0.25) is 0 Å². The molecular formula is C19H11Br5N2O5. The lowest BCUT2D eigenvalue weighted by Gasteiger charge is -2.20. The van der Waals surface area contributed by atoms with Crippen LogP contribution >= 0.6 is 79.6 Å². The Bertz CT molecular complexity index is 1070. The Morgan fingerprint density at radius 1 is 0.903 bits per heavy atom. The summed E-state index contributed by atoms with van der Waals surface area (Å²) in [5.74, 6) is -2.73. The summed E-state index contributed by atoms with van der Waals surface area (Å²) in [6, 6.07) is 5.62. The average molecular weight is 747 g/mol. The fourth-order valence-electron chi connectivity index (χ4n) is 2.81. The molecule has 7 nitrogen and oxygen atoms in total. The van der Waals surface area contributed by atoms with Gasteiger partial charge in [0.2, 0.25) is 0 Å². The number of hydrogen-bond acceptors (Lipinski definition) is 5. The largest absolute Gasteiger partial charge is 0.454 e. The molecule has 2 aromatic carbocycles. The van der Waals surface area contributed by atoms with Gasteiger partial charge < -0.3 is 10.1 Å². The molecule has 1 aliphatic rings. The van der Waals surface area contributed by atoms with Gasteiger partial charge in [-0.1, -0.05) is 15.9 Å². The van der Waals surface area contributed by atoms with Crippen molar-refractivity contribution < 1.29 is 23.9 Å². The van der Waals surface area contributed by atoms with Crippen molar-refractivity contribution in [3.05, 3.63) is 57.8 Å². The van der Waals surface area contributed by atoms with Gasteiger partial charge in [0.15, 0.2) is 6.61 Å². The maximum absolute atomic E-state index is 12.9. The van der Waals surface area contributed by atoms with Crippen molar-refractivity contribution in [2.24, 2.45) is 0 Å². The zero-order valence-corrected chi connectivity index (χ0v) is 23.4. The highest BCUT2D eigenvalue weighted by Gasteiger charge is 2.45. The summed E-state index contributed by atoms with van der Waals surface area (Å²) >= 11 is 16.6. The quantitative estimate of drug-likeness (QED) is 0.185. The summed E-state index contributed by atoms with van der Waals surface area (Å²) in [6.07, 6.45) is 0. The molecule has 0 aromatic heterocycles. The Morgan fingerprint density at radius 2 is 1.39 bits per heavy atom. The van der Waals surface area contributed by atoms with E-state index in [0.29, 0.717) is 23.6 Å². The first-order chi connectivity index (χ1) is 14.5. The molecule has 0 radical (unpaired) electrons. The number of nitrogens with one attached hydrogen (secondary N) is 1. The second-order valence-electron chi connectivity index (χ2n) is 6.32. The molecular weight excluding hydrogens is 736 g/mol. The van der Waals surface area contributed by atoms with Crippen molar-refractivity contribution in [3.63, 3.8) is 0 Å². The highest BCUT2D eigenvalue weighted by Crippen LogP contribution is 2.45. The third-order valence-electron chi connectivity index (χ3n) is 4.33. The highest BCUT2D eigenvalue weighted by atomic mass is 79.9. The molecule has 12 heteroatoms. The molecule has 0 aliphatic carbocycles. The van der Waals surface area contributed by atoms with Gasteiger partial charge in [0.1, 0.15) is 6.04 Å². The van der Waals surface area contributed by atoms with Crippen LogP contribution in [0.15, 0.2) is 46.6 Å². The van der Waals surface area contributed by atoms with E-state index in [4.69, 9.17) is 4.74 Å². The molecule has 0 spiro atoms. The summed E-state index contributed by atoms with van der Waals surface area (Å²) in [6.45, 7) is 0.801. The van der Waals surface area contributed by atoms with Gasteiger partial charge in [0, 0.05) is 28.1 Å². The fraction of sp³-hybridized carbons (Fsp3) is 0.158. The van der Waals surface area contributed by atoms with Crippen LogP contribution in [0.4, 0.5) is 5.69 Å². The highest BCUT2D eigenvalue weighted by molar-refractivity contribution is 9.15. The number of benzene rings is 2. The van der Waals surface area contributed by atoms with Crippen molar-refractivity contribution in [2.75, 3.05) is 11.9 Å². The minimum atomic E-state index is -1.23. The topological polar surface area (TPSA) is 92.8 Å². The third-order valence-corrected chi connectivity index (χ3v) is 9.63. The first-order valence-electron chi connectivity index (χ1n) is 8.50. The molecule has 3 amide bonds. The number of carbonyl (C=O) groups is 4. The Kier molecular flexibility index (Phi) is 7.78. The molecule has 0 saturated carbocycles. The Balaban J connectivity index is 1.71. The van der Waals surface area contributed by atoms with E-state index >= 15 is 0 Å². The van der Waals surface area contributed by atoms with E-state index in [2.05, 4.69) is 85.0 Å². The van der Waals surface area contributed by atoms with E-state index < -0.39 is 36.3 Å². The van der Waals surface area contributed by atoms with Crippen molar-refractivity contribution in [1.29, 1.82) is 0 Å². The van der Waals surface area contributed by atoms with Crippen LogP contribution in [0, 0.1) is 0 Å². The SMILES string of the molecule is CC(C(=O)OCC(=O)Nc1ccc(Br)cc1)N1C(=O)c2c(Br)c(Br)c(Br)c(Br)c2C1=O. The summed E-state index contributed by atoms with van der Waals surface area (Å²) in [5.41, 5.74) is 0.780. The number of hydrogen-bond donors (Lipinski definition) is 1. The van der Waals surface area contributed by atoms with Gasteiger partial charge in [0.05, 0.1) is 11.1 Å². The lowest BCUT2D eigenvalue weighted by atomic mass is 10.1. The van der Waals surface area contributed by atoms with Crippen molar-refractivity contribution >= 4 is 109 Å². The Hall–Kier alpha value is -1.08. The van der Waals surface area contributed by atoms with Crippen LogP contribution in [0.5, 0.6) is 0 Å². The van der Waals surface area contributed by atoms with Crippen LogP contribution in [0.1, 0.15) is 27.6 Å². The minimum Gasteiger partial charge on any atom is -0.454 e. The van der Waals surface area contributed by atoms with Gasteiger partial charge in [-0.2, -0.15) is 0 Å². The average Bonchev–Trinajstić information content (AvgIpc) is 3.00. The Morgan fingerprint density at radius 3 is 1.87 bits per heavy atom. The molecule has 1 atom stereocenters. The number of halogens is 5. The van der Waals surface area contributed by atoms with E-state index in [1.807, 2.05) is 0 Å². The molecule has 0 saturated heterocycles. The molecule has 0 fully saturated rings. The predicted octanol–water partition coefficient (Wildman–Crippen LogP) is 5.67. The Labute approximate surface area is 218 Å². The number of anilines is 1. The molecule has 31 heavy (non-hydrogen) atoms. The first-order valence-corrected chi connectivity index (χ1v) is 12.5. The van der Waals surface area contributed by atoms with Crippen LogP contribution < -0.4 is 5.32 Å². The summed E-state index contributed by atoms with van der Waals surface area (Å²) in [5, 5.41) is 2.58. The van der Waals surface area contributed by atoms with Gasteiger partial charge in [-0.15, -0.1) is 0 Å². The molecule has 3 rings (SSSR count). The second kappa shape index (κ2) is 9.82. The maximum atomic E-state index is 12.9. The van der Waals surface area contributed by atoms with E-state index in [9.17, 15) is 19.2 Å². The number of imide groups is 1. The van der Waals surface area contributed by atoms with Crippen LogP contribution in [-0.4, -0.2) is 41.2 Å². The van der Waals surface area contributed by atoms with Gasteiger partial charge in [0.25, 0.3) is 17.7 Å². The number of amides is 3. The fourth-order valence-corrected chi connectivity index (χ4v) is 5.53. The number of fused-ring (bicyclic) bond motifs is 1. The van der Waals surface area contributed by atoms with Crippen molar-refractivity contribution in [1.82, 2.24) is 4.90 Å². The minimum absolute atomic E-state index is 0.125. The molecule has 1 aliphatic heterocycles. The standard InChI is InChI=1S/C19H11Br5N2O5/c1-7(19(30)31-6-10(27)25-9-4-2-8(20)3-5-9)26-17(28)11-12(18(26)29)14(22)16(24)15(23)13(11)21/h2-5,7H,6H2,1H3,(H,25,27). The van der Waals surface area contributed by atoms with E-state index in [1.165, 1.54) is 6.92 Å². The molecule has 1 heterocycles. The van der Waals surface area contributed by atoms with Crippen molar-refractivity contribution in [2.45, 2.75) is 13.0 Å². The van der Waals surface area contributed by atoms with Gasteiger partial charge >= 0.3 is 5.97 Å². The number of nitrogens with zero attached hydrogens (tertiary/aromatic N) is 1. The van der Waals surface area contributed by atoms with E-state index in [-0.39, 0.29) is 11.1 Å². The number of ether oxygens (including phenoxy) is 1. The smallest absolute Gasteiger partial charge is 0.329 e. The second-order valence-corrected chi connectivity index (χ2v) is 10.4. The van der Waals surface area contributed by atoms with E-state index in [1.54, 1.807) is 24.3 Å². The van der Waals surface area contributed by atoms with Gasteiger partial charge in [-0.3, -0.25) is 19.3 Å². The molecule has 1 N–H and O–H groups in total. The number of esters is 1. The van der Waals surface area contributed by atoms with Gasteiger partial charge in [-0.25, -0.2) is 4.79 Å². The monoisotopic (exact) mass is 742 g/mol. The van der Waals surface area contributed by atoms with Gasteiger partial charge in [-0.05, 0) is 94.9 Å². The molecule has 2 aromatic rings. The lowest BCUT2D eigenvalue weighted by Crippen LogP contribution is -2.44. The van der Waals surface area contributed by atoms with Crippen LogP contribution in [0.25, 0.3) is 0 Å². The first kappa shape index (κ1) is 24.6. The summed E-state index contributed by atoms with van der Waals surface area (Å²) < 4.78 is 7.73. The van der Waals surface area contributed by atoms with E-state index in [0.717, 1.165) is 9.37 Å². The number of carbonyl (C=O) groups excluding carboxylic acids is 4. The van der Waals surface area contributed by atoms with Crippen LogP contribution in [0.3, 0.4) is 0 Å². The normalized spacial score (nSPS) is 13.8. The molecule has 0 bridgehead atoms. The lowest BCUT2D eigenvalue weighted by molar-refractivity contribution is -0.150. The number of rotatable bonds is 5. The summed E-state index contributed by atoms with van der Waals surface area (Å²) in [4.78, 5) is 51.2. The zero-order chi connectivity index (χ0) is 23.0. The molecule has 1 unspecified atom stereocenters. The van der Waals surface area contributed by atoms with Crippen molar-refractivity contribution in [3.8, 4) is 0 Å². The predicted molar refractivity (Wildman–Crippen MR) is 131 cm³/mol. The van der Waals surface area contributed by atoms with Crippen LogP contribution in [-0.2, 0) is 14.3 Å². The summed E-state index contributed by atoms with van der Waals surface area (Å²) in [7, 11) is 0. The molecule has 162 valence electrons. The zero-order valence-electron chi connectivity index (χ0n) is 15.5.